The molecule has 1 aliphatic rings. The summed E-state index contributed by atoms with van der Waals surface area (Å²) in [5.74, 6) is 1.39. The van der Waals surface area contributed by atoms with Crippen LogP contribution in [0, 0.1) is 0 Å². The number of hydrogen-bond donors (Lipinski definition) is 2. The van der Waals surface area contributed by atoms with Gasteiger partial charge in [-0.1, -0.05) is 24.3 Å². The molecule has 0 saturated carbocycles. The highest BCUT2D eigenvalue weighted by atomic mass is 16.5. The van der Waals surface area contributed by atoms with Crippen LogP contribution in [-0.4, -0.2) is 30.4 Å². The number of hydrogen-bond acceptors (Lipinski definition) is 3. The first kappa shape index (κ1) is 17.8. The van der Waals surface area contributed by atoms with Crippen LogP contribution in [0.2, 0.25) is 0 Å². The van der Waals surface area contributed by atoms with Gasteiger partial charge in [0.1, 0.15) is 5.75 Å². The van der Waals surface area contributed by atoms with E-state index in [1.165, 1.54) is 0 Å². The van der Waals surface area contributed by atoms with Crippen molar-refractivity contribution in [1.82, 2.24) is 4.90 Å². The number of nitrogens with one attached hydrogen (secondary N) is 1. The maximum absolute atomic E-state index is 11.8. The smallest absolute Gasteiger partial charge is 0.222 e. The highest BCUT2D eigenvalue weighted by Gasteiger charge is 2.19. The molecule has 0 bridgehead atoms. The van der Waals surface area contributed by atoms with Gasteiger partial charge in [0.25, 0.3) is 0 Å². The van der Waals surface area contributed by atoms with Crippen molar-refractivity contribution in [2.45, 2.75) is 25.9 Å². The third-order valence-corrected chi connectivity index (χ3v) is 4.33. The number of carbonyl (C=O) groups excluding carboxylic acids is 1. The predicted octanol–water partition coefficient (Wildman–Crippen LogP) is 2.74. The lowest BCUT2D eigenvalue weighted by Crippen LogP contribution is -2.24. The van der Waals surface area contributed by atoms with Gasteiger partial charge in [0.2, 0.25) is 5.91 Å². The molecule has 0 aliphatic carbocycles. The fourth-order valence-electron chi connectivity index (χ4n) is 2.96. The molecule has 1 heterocycles. The summed E-state index contributed by atoms with van der Waals surface area (Å²) in [5, 5.41) is 3.06. The summed E-state index contributed by atoms with van der Waals surface area (Å²) in [4.78, 5) is 18.1. The quantitative estimate of drug-likeness (QED) is 0.619. The highest BCUT2D eigenvalue weighted by molar-refractivity contribution is 5.92. The Labute approximate surface area is 153 Å². The molecule has 3 rings (SSSR count). The Kier molecular flexibility index (Phi) is 5.73. The lowest BCUT2D eigenvalue weighted by atomic mass is 10.1. The summed E-state index contributed by atoms with van der Waals surface area (Å²) in [6, 6.07) is 15.6. The van der Waals surface area contributed by atoms with Crippen LogP contribution in [0.1, 0.15) is 24.0 Å². The van der Waals surface area contributed by atoms with E-state index in [2.05, 4.69) is 16.4 Å². The fourth-order valence-corrected chi connectivity index (χ4v) is 2.96. The molecular formula is C20H24N4O2. The van der Waals surface area contributed by atoms with Crippen molar-refractivity contribution in [2.24, 2.45) is 10.7 Å². The van der Waals surface area contributed by atoms with Gasteiger partial charge in [-0.05, 0) is 41.8 Å². The number of ether oxygens (including phenoxy) is 1. The maximum Gasteiger partial charge on any atom is 0.222 e. The molecule has 3 N–H and O–H groups in total. The largest absolute Gasteiger partial charge is 0.497 e. The first-order valence-electron chi connectivity index (χ1n) is 8.70. The molecule has 2 aromatic rings. The number of methoxy groups -OCH3 is 1. The molecule has 136 valence electrons. The first-order valence-corrected chi connectivity index (χ1v) is 8.70. The monoisotopic (exact) mass is 352 g/mol. The zero-order chi connectivity index (χ0) is 18.4. The van der Waals surface area contributed by atoms with Crippen molar-refractivity contribution in [3.05, 3.63) is 59.7 Å². The number of likely N-dealkylation sites (tertiary alicyclic amines) is 1. The molecule has 6 nitrogen and oxygen atoms in total. The van der Waals surface area contributed by atoms with E-state index >= 15 is 0 Å². The zero-order valence-corrected chi connectivity index (χ0v) is 14.9. The van der Waals surface area contributed by atoms with E-state index in [0.717, 1.165) is 35.5 Å². The summed E-state index contributed by atoms with van der Waals surface area (Å²) >= 11 is 0. The molecule has 26 heavy (non-hydrogen) atoms. The van der Waals surface area contributed by atoms with E-state index in [9.17, 15) is 4.79 Å². The van der Waals surface area contributed by atoms with Crippen LogP contribution in [-0.2, 0) is 17.9 Å². The Morgan fingerprint density at radius 3 is 2.69 bits per heavy atom. The molecule has 0 aromatic heterocycles. The SMILES string of the molecule is COc1ccc(NC(N)=NCc2cccc(CN3CCCC3=O)c2)cc1. The van der Waals surface area contributed by atoms with Gasteiger partial charge >= 0.3 is 0 Å². The van der Waals surface area contributed by atoms with Gasteiger partial charge in [-0.15, -0.1) is 0 Å². The van der Waals surface area contributed by atoms with Crippen LogP contribution in [0.25, 0.3) is 0 Å². The number of guanidine groups is 1. The maximum atomic E-state index is 11.8. The molecule has 0 spiro atoms. The normalized spacial score (nSPS) is 14.6. The second-order valence-electron chi connectivity index (χ2n) is 6.29. The predicted molar refractivity (Wildman–Crippen MR) is 103 cm³/mol. The highest BCUT2D eigenvalue weighted by Crippen LogP contribution is 2.16. The topological polar surface area (TPSA) is 80.0 Å². The Morgan fingerprint density at radius 1 is 1.23 bits per heavy atom. The van der Waals surface area contributed by atoms with Gasteiger partial charge in [0.15, 0.2) is 5.96 Å². The second-order valence-corrected chi connectivity index (χ2v) is 6.29. The summed E-state index contributed by atoms with van der Waals surface area (Å²) < 4.78 is 5.13. The van der Waals surface area contributed by atoms with Crippen LogP contribution in [0.15, 0.2) is 53.5 Å². The van der Waals surface area contributed by atoms with Crippen molar-refractivity contribution in [2.75, 3.05) is 19.0 Å². The third-order valence-electron chi connectivity index (χ3n) is 4.33. The van der Waals surface area contributed by atoms with E-state index in [1.54, 1.807) is 7.11 Å². The van der Waals surface area contributed by atoms with Gasteiger partial charge in [-0.2, -0.15) is 0 Å². The second kappa shape index (κ2) is 8.38. The van der Waals surface area contributed by atoms with E-state index < -0.39 is 0 Å². The van der Waals surface area contributed by atoms with Crippen molar-refractivity contribution in [1.29, 1.82) is 0 Å². The van der Waals surface area contributed by atoms with Gasteiger partial charge in [0, 0.05) is 25.2 Å². The Balaban J connectivity index is 1.58. The average molecular weight is 352 g/mol. The number of carbonyl (C=O) groups is 1. The molecular weight excluding hydrogens is 328 g/mol. The lowest BCUT2D eigenvalue weighted by Gasteiger charge is -2.15. The van der Waals surface area contributed by atoms with Crippen LogP contribution in [0.3, 0.4) is 0 Å². The molecule has 1 aliphatic heterocycles. The number of anilines is 1. The molecule has 1 saturated heterocycles. The molecule has 0 radical (unpaired) electrons. The molecule has 1 fully saturated rings. The fraction of sp³-hybridized carbons (Fsp3) is 0.300. The van der Waals surface area contributed by atoms with Crippen LogP contribution in [0.4, 0.5) is 5.69 Å². The number of rotatable bonds is 6. The number of amides is 1. The van der Waals surface area contributed by atoms with Crippen LogP contribution >= 0.6 is 0 Å². The summed E-state index contributed by atoms with van der Waals surface area (Å²) in [7, 11) is 1.63. The molecule has 1 amide bonds. The average Bonchev–Trinajstić information content (AvgIpc) is 3.06. The summed E-state index contributed by atoms with van der Waals surface area (Å²) in [6.07, 6.45) is 1.62. The Bertz CT molecular complexity index is 787. The summed E-state index contributed by atoms with van der Waals surface area (Å²) in [5.41, 5.74) is 9.01. The lowest BCUT2D eigenvalue weighted by molar-refractivity contribution is -0.128. The standard InChI is InChI=1S/C20H24N4O2/c1-26-18-9-7-17(8-10-18)23-20(21)22-13-15-4-2-5-16(12-15)14-24-11-3-6-19(24)25/h2,4-5,7-10,12H,3,6,11,13-14H2,1H3,(H3,21,22,23). The van der Waals surface area contributed by atoms with Crippen molar-refractivity contribution in [3.8, 4) is 5.75 Å². The van der Waals surface area contributed by atoms with Crippen molar-refractivity contribution in [3.63, 3.8) is 0 Å². The van der Waals surface area contributed by atoms with E-state index in [-0.39, 0.29) is 5.91 Å². The number of benzene rings is 2. The minimum Gasteiger partial charge on any atom is -0.497 e. The molecule has 2 aromatic carbocycles. The minimum atomic E-state index is 0.237. The Morgan fingerprint density at radius 2 is 2.00 bits per heavy atom. The number of aliphatic imine (C=N–C) groups is 1. The van der Waals surface area contributed by atoms with Crippen LogP contribution < -0.4 is 15.8 Å². The first-order chi connectivity index (χ1) is 12.6. The van der Waals surface area contributed by atoms with E-state index in [1.807, 2.05) is 47.4 Å². The van der Waals surface area contributed by atoms with Gasteiger partial charge < -0.3 is 20.7 Å². The van der Waals surface area contributed by atoms with Crippen LogP contribution in [0.5, 0.6) is 5.75 Å². The molecule has 6 heteroatoms. The summed E-state index contributed by atoms with van der Waals surface area (Å²) in [6.45, 7) is 1.99. The third kappa shape index (κ3) is 4.75. The molecule has 0 unspecified atom stereocenters. The van der Waals surface area contributed by atoms with E-state index in [0.29, 0.717) is 25.5 Å². The molecule has 0 atom stereocenters. The van der Waals surface area contributed by atoms with E-state index in [4.69, 9.17) is 10.5 Å². The van der Waals surface area contributed by atoms with Gasteiger partial charge in [-0.25, -0.2) is 4.99 Å². The number of nitrogens with two attached hydrogens (primary N) is 1. The zero-order valence-electron chi connectivity index (χ0n) is 14.9. The minimum absolute atomic E-state index is 0.237. The van der Waals surface area contributed by atoms with Crippen molar-refractivity contribution >= 4 is 17.6 Å². The Hall–Kier alpha value is -3.02. The number of nitrogens with zero attached hydrogens (tertiary/aromatic N) is 2. The van der Waals surface area contributed by atoms with Gasteiger partial charge in [-0.3, -0.25) is 4.79 Å². The van der Waals surface area contributed by atoms with Gasteiger partial charge in [0.05, 0.1) is 13.7 Å². The van der Waals surface area contributed by atoms with Crippen molar-refractivity contribution < 1.29 is 9.53 Å².